The van der Waals surface area contributed by atoms with Crippen molar-refractivity contribution < 1.29 is 0 Å². The minimum Gasteiger partial charge on any atom is -0.371 e. The molecule has 3 rings (SSSR count). The van der Waals surface area contributed by atoms with Gasteiger partial charge in [0.05, 0.1) is 0 Å². The molecule has 0 atom stereocenters. The van der Waals surface area contributed by atoms with E-state index in [2.05, 4.69) is 29.2 Å². The predicted molar refractivity (Wildman–Crippen MR) is 82.8 cm³/mol. The van der Waals surface area contributed by atoms with Crippen LogP contribution in [0.25, 0.3) is 0 Å². The van der Waals surface area contributed by atoms with Crippen LogP contribution in [-0.2, 0) is 6.42 Å². The number of nitrogens with zero attached hydrogens (tertiary/aromatic N) is 1. The maximum Gasteiger partial charge on any atom is 0.0398 e. The number of para-hydroxylation sites is 1. The Kier molecular flexibility index (Phi) is 4.42. The van der Waals surface area contributed by atoms with Crippen LogP contribution >= 0.6 is 0 Å². The third kappa shape index (κ3) is 3.32. The lowest BCUT2D eigenvalue weighted by atomic mass is 9.84. The Hall–Kier alpha value is -0.980. The van der Waals surface area contributed by atoms with Crippen molar-refractivity contribution in [3.05, 3.63) is 29.8 Å². The molecule has 2 aliphatic rings. The molecule has 1 saturated carbocycles. The van der Waals surface area contributed by atoms with E-state index in [1.54, 1.807) is 5.56 Å². The van der Waals surface area contributed by atoms with Gasteiger partial charge in [0.1, 0.15) is 0 Å². The van der Waals surface area contributed by atoms with Crippen LogP contribution < -0.4 is 4.90 Å². The molecule has 1 heterocycles. The highest BCUT2D eigenvalue weighted by Gasteiger charge is 2.18. The van der Waals surface area contributed by atoms with Crippen molar-refractivity contribution in [2.45, 2.75) is 57.8 Å². The molecule has 1 heteroatoms. The third-order valence-electron chi connectivity index (χ3n) is 4.92. The van der Waals surface area contributed by atoms with Gasteiger partial charge in [0, 0.05) is 18.8 Å². The molecule has 0 amide bonds. The molecule has 2 fully saturated rings. The Bertz CT molecular complexity index is 386. The molecule has 1 aliphatic carbocycles. The Morgan fingerprint density at radius 3 is 2.32 bits per heavy atom. The predicted octanol–water partition coefficient (Wildman–Crippen LogP) is 4.80. The van der Waals surface area contributed by atoms with E-state index in [1.807, 2.05) is 0 Å². The van der Waals surface area contributed by atoms with Crippen LogP contribution in [0.4, 0.5) is 5.69 Å². The number of rotatable bonds is 3. The van der Waals surface area contributed by atoms with Crippen LogP contribution in [0.3, 0.4) is 0 Å². The molecule has 0 N–H and O–H groups in total. The van der Waals surface area contributed by atoms with Gasteiger partial charge in [0.15, 0.2) is 0 Å². The summed E-state index contributed by atoms with van der Waals surface area (Å²) in [4.78, 5) is 2.63. The molecule has 1 aromatic rings. The summed E-state index contributed by atoms with van der Waals surface area (Å²) in [6.45, 7) is 2.53. The molecule has 1 aliphatic heterocycles. The van der Waals surface area contributed by atoms with Crippen molar-refractivity contribution in [2.24, 2.45) is 5.92 Å². The lowest BCUT2D eigenvalue weighted by Gasteiger charge is -2.32. The van der Waals surface area contributed by atoms with Crippen LogP contribution in [0.5, 0.6) is 0 Å². The van der Waals surface area contributed by atoms with E-state index in [-0.39, 0.29) is 0 Å². The Morgan fingerprint density at radius 2 is 1.53 bits per heavy atom. The Labute approximate surface area is 118 Å². The first-order valence-electron chi connectivity index (χ1n) is 8.26. The van der Waals surface area contributed by atoms with E-state index in [0.717, 1.165) is 5.92 Å². The smallest absolute Gasteiger partial charge is 0.0398 e. The normalized spacial score (nSPS) is 21.6. The molecule has 1 aromatic carbocycles. The van der Waals surface area contributed by atoms with Gasteiger partial charge in [-0.15, -0.1) is 0 Å². The van der Waals surface area contributed by atoms with E-state index in [9.17, 15) is 0 Å². The van der Waals surface area contributed by atoms with Gasteiger partial charge in [0.25, 0.3) is 0 Å². The van der Waals surface area contributed by atoms with Gasteiger partial charge >= 0.3 is 0 Å². The van der Waals surface area contributed by atoms with Crippen LogP contribution in [0.15, 0.2) is 24.3 Å². The number of piperidine rings is 1. The third-order valence-corrected chi connectivity index (χ3v) is 4.92. The fourth-order valence-electron chi connectivity index (χ4n) is 3.83. The molecular formula is C18H27N. The lowest BCUT2D eigenvalue weighted by Crippen LogP contribution is -2.30. The number of benzene rings is 1. The van der Waals surface area contributed by atoms with Crippen LogP contribution in [0.1, 0.15) is 56.9 Å². The van der Waals surface area contributed by atoms with Crippen molar-refractivity contribution in [1.82, 2.24) is 0 Å². The van der Waals surface area contributed by atoms with E-state index < -0.39 is 0 Å². The molecular weight excluding hydrogens is 230 g/mol. The fourth-order valence-corrected chi connectivity index (χ4v) is 3.83. The molecule has 1 nitrogen and oxygen atoms in total. The first kappa shape index (κ1) is 13.0. The van der Waals surface area contributed by atoms with Crippen molar-refractivity contribution in [1.29, 1.82) is 0 Å². The summed E-state index contributed by atoms with van der Waals surface area (Å²) in [7, 11) is 0. The number of hydrogen-bond donors (Lipinski definition) is 0. The summed E-state index contributed by atoms with van der Waals surface area (Å²) in [6.07, 6.45) is 12.8. The number of anilines is 1. The maximum atomic E-state index is 2.63. The SMILES string of the molecule is c1ccc(N2CCCCC2)c(CC2CCCCC2)c1. The molecule has 0 aromatic heterocycles. The van der Waals surface area contributed by atoms with Crippen molar-refractivity contribution in [3.63, 3.8) is 0 Å². The summed E-state index contributed by atoms with van der Waals surface area (Å²) in [6, 6.07) is 9.17. The molecule has 0 radical (unpaired) electrons. The van der Waals surface area contributed by atoms with Gasteiger partial charge in [-0.2, -0.15) is 0 Å². The number of hydrogen-bond acceptors (Lipinski definition) is 1. The average molecular weight is 257 g/mol. The minimum atomic E-state index is 0.944. The van der Waals surface area contributed by atoms with E-state index >= 15 is 0 Å². The van der Waals surface area contributed by atoms with Gasteiger partial charge < -0.3 is 4.90 Å². The van der Waals surface area contributed by atoms with Gasteiger partial charge in [-0.05, 0) is 43.2 Å². The zero-order valence-electron chi connectivity index (χ0n) is 12.1. The first-order valence-corrected chi connectivity index (χ1v) is 8.26. The van der Waals surface area contributed by atoms with Gasteiger partial charge in [-0.1, -0.05) is 50.3 Å². The first-order chi connectivity index (χ1) is 9.43. The second-order valence-corrected chi connectivity index (χ2v) is 6.38. The summed E-state index contributed by atoms with van der Waals surface area (Å²) in [5.74, 6) is 0.944. The highest BCUT2D eigenvalue weighted by molar-refractivity contribution is 5.54. The summed E-state index contributed by atoms with van der Waals surface area (Å²) in [5.41, 5.74) is 3.14. The quantitative estimate of drug-likeness (QED) is 0.752. The fraction of sp³-hybridized carbons (Fsp3) is 0.667. The molecule has 0 unspecified atom stereocenters. The standard InChI is InChI=1S/C18H27N/c1-3-9-16(10-4-1)15-17-11-5-6-12-18(17)19-13-7-2-8-14-19/h5-6,11-12,16H,1-4,7-10,13-15H2. The second-order valence-electron chi connectivity index (χ2n) is 6.38. The molecule has 104 valence electrons. The molecule has 1 saturated heterocycles. The Balaban J connectivity index is 1.72. The lowest BCUT2D eigenvalue weighted by molar-refractivity contribution is 0.356. The zero-order chi connectivity index (χ0) is 12.9. The topological polar surface area (TPSA) is 3.24 Å². The van der Waals surface area contributed by atoms with Gasteiger partial charge in [-0.3, -0.25) is 0 Å². The zero-order valence-corrected chi connectivity index (χ0v) is 12.1. The summed E-state index contributed by atoms with van der Waals surface area (Å²) < 4.78 is 0. The van der Waals surface area contributed by atoms with E-state index in [4.69, 9.17) is 0 Å². The average Bonchev–Trinajstić information content (AvgIpc) is 2.50. The monoisotopic (exact) mass is 257 g/mol. The summed E-state index contributed by atoms with van der Waals surface area (Å²) >= 11 is 0. The van der Waals surface area contributed by atoms with Gasteiger partial charge in [0.2, 0.25) is 0 Å². The van der Waals surface area contributed by atoms with Crippen molar-refractivity contribution >= 4 is 5.69 Å². The Morgan fingerprint density at radius 1 is 0.842 bits per heavy atom. The molecule has 0 spiro atoms. The molecule has 19 heavy (non-hydrogen) atoms. The van der Waals surface area contributed by atoms with Crippen LogP contribution in [0.2, 0.25) is 0 Å². The summed E-state index contributed by atoms with van der Waals surface area (Å²) in [5, 5.41) is 0. The van der Waals surface area contributed by atoms with Gasteiger partial charge in [-0.25, -0.2) is 0 Å². The van der Waals surface area contributed by atoms with Crippen molar-refractivity contribution in [2.75, 3.05) is 18.0 Å². The van der Waals surface area contributed by atoms with E-state index in [1.165, 1.54) is 76.6 Å². The highest BCUT2D eigenvalue weighted by Crippen LogP contribution is 2.31. The second kappa shape index (κ2) is 6.45. The maximum absolute atomic E-state index is 2.63. The minimum absolute atomic E-state index is 0.944. The highest BCUT2D eigenvalue weighted by atomic mass is 15.1. The van der Waals surface area contributed by atoms with E-state index in [0.29, 0.717) is 0 Å². The largest absolute Gasteiger partial charge is 0.371 e. The van der Waals surface area contributed by atoms with Crippen LogP contribution in [0, 0.1) is 5.92 Å². The van der Waals surface area contributed by atoms with Crippen LogP contribution in [-0.4, -0.2) is 13.1 Å². The molecule has 0 bridgehead atoms. The van der Waals surface area contributed by atoms with Crippen molar-refractivity contribution in [3.8, 4) is 0 Å².